The minimum absolute atomic E-state index is 0.113. The third-order valence-electron chi connectivity index (χ3n) is 3.10. The Bertz CT molecular complexity index is 551. The van der Waals surface area contributed by atoms with E-state index in [1.165, 1.54) is 17.5 Å². The normalized spacial score (nSPS) is 16.9. The zero-order chi connectivity index (χ0) is 14.5. The SMILES string of the molecule is Cc1csc(N/C=C(/C#N)C(=O)N2CCN(C)CC2)n1. The molecule has 0 spiro atoms. The number of nitrogens with one attached hydrogen (secondary N) is 1. The van der Waals surface area contributed by atoms with E-state index in [1.807, 2.05) is 25.4 Å². The summed E-state index contributed by atoms with van der Waals surface area (Å²) < 4.78 is 0. The van der Waals surface area contributed by atoms with Gasteiger partial charge in [0.05, 0.1) is 5.69 Å². The number of hydrogen-bond acceptors (Lipinski definition) is 6. The van der Waals surface area contributed by atoms with E-state index in [4.69, 9.17) is 5.26 Å². The molecule has 1 aromatic rings. The van der Waals surface area contributed by atoms with Crippen molar-refractivity contribution in [3.8, 4) is 6.07 Å². The Labute approximate surface area is 122 Å². The Morgan fingerprint density at radius 2 is 2.20 bits per heavy atom. The highest BCUT2D eigenvalue weighted by Crippen LogP contribution is 2.15. The van der Waals surface area contributed by atoms with Crippen LogP contribution in [0.4, 0.5) is 5.13 Å². The minimum atomic E-state index is -0.221. The van der Waals surface area contributed by atoms with Gasteiger partial charge in [-0.05, 0) is 14.0 Å². The number of nitriles is 1. The second-order valence-electron chi connectivity index (χ2n) is 4.70. The predicted molar refractivity (Wildman–Crippen MR) is 78.2 cm³/mol. The summed E-state index contributed by atoms with van der Waals surface area (Å²) >= 11 is 1.44. The highest BCUT2D eigenvalue weighted by Gasteiger charge is 2.22. The average molecular weight is 291 g/mol. The monoisotopic (exact) mass is 291 g/mol. The third kappa shape index (κ3) is 3.56. The Morgan fingerprint density at radius 1 is 1.50 bits per heavy atom. The van der Waals surface area contributed by atoms with Crippen molar-refractivity contribution >= 4 is 22.4 Å². The maximum atomic E-state index is 12.2. The van der Waals surface area contributed by atoms with Crippen molar-refractivity contribution in [2.24, 2.45) is 0 Å². The molecule has 6 nitrogen and oxygen atoms in total. The summed E-state index contributed by atoms with van der Waals surface area (Å²) in [5.74, 6) is -0.221. The predicted octanol–water partition coefficient (Wildman–Crippen LogP) is 1.04. The molecule has 1 N–H and O–H groups in total. The summed E-state index contributed by atoms with van der Waals surface area (Å²) in [6, 6.07) is 1.96. The Kier molecular flexibility index (Phi) is 4.71. The lowest BCUT2D eigenvalue weighted by atomic mass is 10.2. The molecule has 1 aliphatic rings. The quantitative estimate of drug-likeness (QED) is 0.665. The van der Waals surface area contributed by atoms with Gasteiger partial charge in [-0.2, -0.15) is 5.26 Å². The van der Waals surface area contributed by atoms with Crippen LogP contribution in [0.25, 0.3) is 0 Å². The maximum absolute atomic E-state index is 12.2. The summed E-state index contributed by atoms with van der Waals surface area (Å²) in [6.45, 7) is 4.88. The molecule has 1 amide bonds. The number of thiazole rings is 1. The Morgan fingerprint density at radius 3 is 2.75 bits per heavy atom. The number of carbonyl (C=O) groups excluding carboxylic acids is 1. The van der Waals surface area contributed by atoms with Crippen LogP contribution in [0.3, 0.4) is 0 Å². The van der Waals surface area contributed by atoms with Crippen LogP contribution < -0.4 is 5.32 Å². The zero-order valence-electron chi connectivity index (χ0n) is 11.6. The lowest BCUT2D eigenvalue weighted by molar-refractivity contribution is -0.128. The number of aromatic nitrogens is 1. The van der Waals surface area contributed by atoms with E-state index in [-0.39, 0.29) is 11.5 Å². The molecule has 2 heterocycles. The van der Waals surface area contributed by atoms with Gasteiger partial charge in [0.25, 0.3) is 5.91 Å². The fraction of sp³-hybridized carbons (Fsp3) is 0.462. The lowest BCUT2D eigenvalue weighted by Gasteiger charge is -2.32. The van der Waals surface area contributed by atoms with Crippen LogP contribution in [0, 0.1) is 18.3 Å². The van der Waals surface area contributed by atoms with E-state index in [2.05, 4.69) is 15.2 Å². The van der Waals surface area contributed by atoms with Gasteiger partial charge in [0.2, 0.25) is 0 Å². The number of piperazine rings is 1. The molecular weight excluding hydrogens is 274 g/mol. The molecule has 0 unspecified atom stereocenters. The number of rotatable bonds is 3. The molecule has 1 aliphatic heterocycles. The van der Waals surface area contributed by atoms with Crippen molar-refractivity contribution < 1.29 is 4.79 Å². The van der Waals surface area contributed by atoms with Crippen LogP contribution in [0.2, 0.25) is 0 Å². The van der Waals surface area contributed by atoms with Crippen molar-refractivity contribution in [1.29, 1.82) is 5.26 Å². The van der Waals surface area contributed by atoms with Crippen LogP contribution >= 0.6 is 11.3 Å². The molecule has 0 atom stereocenters. The van der Waals surface area contributed by atoms with Gasteiger partial charge in [0.15, 0.2) is 5.13 Å². The number of aryl methyl sites for hydroxylation is 1. The van der Waals surface area contributed by atoms with Crippen LogP contribution in [-0.2, 0) is 4.79 Å². The second-order valence-corrected chi connectivity index (χ2v) is 5.56. The van der Waals surface area contributed by atoms with Gasteiger partial charge >= 0.3 is 0 Å². The lowest BCUT2D eigenvalue weighted by Crippen LogP contribution is -2.47. The summed E-state index contributed by atoms with van der Waals surface area (Å²) in [7, 11) is 2.02. The van der Waals surface area contributed by atoms with Crippen LogP contribution in [0.1, 0.15) is 5.69 Å². The van der Waals surface area contributed by atoms with E-state index < -0.39 is 0 Å². The number of hydrogen-bond donors (Lipinski definition) is 1. The largest absolute Gasteiger partial charge is 0.337 e. The van der Waals surface area contributed by atoms with E-state index in [1.54, 1.807) is 4.90 Å². The molecule has 20 heavy (non-hydrogen) atoms. The van der Waals surface area contributed by atoms with Gasteiger partial charge in [0.1, 0.15) is 11.6 Å². The first kappa shape index (κ1) is 14.5. The van der Waals surface area contributed by atoms with Gasteiger partial charge in [-0.15, -0.1) is 11.3 Å². The zero-order valence-corrected chi connectivity index (χ0v) is 12.4. The first-order valence-electron chi connectivity index (χ1n) is 6.37. The first-order valence-corrected chi connectivity index (χ1v) is 7.25. The average Bonchev–Trinajstić information content (AvgIpc) is 2.86. The highest BCUT2D eigenvalue weighted by molar-refractivity contribution is 7.13. The molecule has 0 aliphatic carbocycles. The summed E-state index contributed by atoms with van der Waals surface area (Å²) in [4.78, 5) is 20.3. The molecule has 1 fully saturated rings. The van der Waals surface area contributed by atoms with Crippen molar-refractivity contribution in [1.82, 2.24) is 14.8 Å². The molecule has 0 aromatic carbocycles. The number of anilines is 1. The summed E-state index contributed by atoms with van der Waals surface area (Å²) in [5.41, 5.74) is 1.03. The smallest absolute Gasteiger partial charge is 0.266 e. The molecule has 2 rings (SSSR count). The molecule has 0 bridgehead atoms. The minimum Gasteiger partial charge on any atom is -0.337 e. The van der Waals surface area contributed by atoms with Crippen LogP contribution in [0.15, 0.2) is 17.2 Å². The fourth-order valence-electron chi connectivity index (χ4n) is 1.88. The molecule has 1 aromatic heterocycles. The summed E-state index contributed by atoms with van der Waals surface area (Å²) in [5, 5.41) is 14.6. The molecule has 106 valence electrons. The first-order chi connectivity index (χ1) is 9.60. The number of likely N-dealkylation sites (N-methyl/N-ethyl adjacent to an activating group) is 1. The molecule has 7 heteroatoms. The van der Waals surface area contributed by atoms with E-state index in [0.717, 1.165) is 18.8 Å². The number of amides is 1. The Hall–Kier alpha value is -1.91. The number of nitrogens with zero attached hydrogens (tertiary/aromatic N) is 4. The van der Waals surface area contributed by atoms with Crippen molar-refractivity contribution in [2.45, 2.75) is 6.92 Å². The van der Waals surface area contributed by atoms with Gasteiger partial charge in [-0.3, -0.25) is 4.79 Å². The molecule has 0 radical (unpaired) electrons. The van der Waals surface area contributed by atoms with E-state index in [9.17, 15) is 4.79 Å². The van der Waals surface area contributed by atoms with Gasteiger partial charge < -0.3 is 15.1 Å². The van der Waals surface area contributed by atoms with Crippen molar-refractivity contribution in [3.63, 3.8) is 0 Å². The second kappa shape index (κ2) is 6.50. The van der Waals surface area contributed by atoms with Crippen LogP contribution in [-0.4, -0.2) is 53.9 Å². The van der Waals surface area contributed by atoms with Gasteiger partial charge in [-0.25, -0.2) is 4.98 Å². The fourth-order valence-corrected chi connectivity index (χ4v) is 2.53. The van der Waals surface area contributed by atoms with Crippen molar-refractivity contribution in [2.75, 3.05) is 38.5 Å². The van der Waals surface area contributed by atoms with Gasteiger partial charge in [0, 0.05) is 37.8 Å². The highest BCUT2D eigenvalue weighted by atomic mass is 32.1. The number of carbonyl (C=O) groups is 1. The molecular formula is C13H17N5OS. The third-order valence-corrected chi connectivity index (χ3v) is 3.99. The Balaban J connectivity index is 2.00. The summed E-state index contributed by atoms with van der Waals surface area (Å²) in [6.07, 6.45) is 1.44. The topological polar surface area (TPSA) is 72.3 Å². The maximum Gasteiger partial charge on any atom is 0.266 e. The van der Waals surface area contributed by atoms with Crippen molar-refractivity contribution in [3.05, 3.63) is 22.8 Å². The van der Waals surface area contributed by atoms with E-state index >= 15 is 0 Å². The standard InChI is InChI=1S/C13H17N5OS/c1-10-9-20-13(16-10)15-8-11(7-14)12(19)18-5-3-17(2)4-6-18/h8-9H,3-6H2,1-2H3,(H,15,16)/b11-8-. The van der Waals surface area contributed by atoms with E-state index in [0.29, 0.717) is 18.2 Å². The van der Waals surface area contributed by atoms with Crippen LogP contribution in [0.5, 0.6) is 0 Å². The molecule has 0 saturated carbocycles. The molecule has 1 saturated heterocycles. The van der Waals surface area contributed by atoms with Gasteiger partial charge in [-0.1, -0.05) is 0 Å².